The average Bonchev–Trinajstić information content (AvgIpc) is 3.07. The van der Waals surface area contributed by atoms with Crippen molar-refractivity contribution in [3.8, 4) is 11.4 Å². The van der Waals surface area contributed by atoms with E-state index < -0.39 is 5.97 Å². The van der Waals surface area contributed by atoms with Crippen molar-refractivity contribution in [2.24, 2.45) is 5.92 Å². The van der Waals surface area contributed by atoms with Gasteiger partial charge in [0.05, 0.1) is 5.92 Å². The van der Waals surface area contributed by atoms with Crippen LogP contribution in [0.4, 0.5) is 0 Å². The van der Waals surface area contributed by atoms with Crippen molar-refractivity contribution in [3.05, 3.63) is 36.7 Å². The lowest BCUT2D eigenvalue weighted by Crippen LogP contribution is -2.06. The summed E-state index contributed by atoms with van der Waals surface area (Å²) < 4.78 is 7.12. The molecular weight excluding hydrogens is 306 g/mol. The molecule has 6 nitrogen and oxygen atoms in total. The number of aromatic nitrogens is 3. The van der Waals surface area contributed by atoms with Crippen molar-refractivity contribution >= 4 is 5.97 Å². The number of nitrogens with zero attached hydrogens (tertiary/aromatic N) is 3. The van der Waals surface area contributed by atoms with E-state index in [0.717, 1.165) is 43.8 Å². The molecule has 0 radical (unpaired) electrons. The Balaban J connectivity index is 0.000000351. The largest absolute Gasteiger partial charge is 0.481 e. The first-order chi connectivity index (χ1) is 11.6. The number of carboxylic acid groups (broad SMARTS) is 1. The maximum Gasteiger partial charge on any atom is 0.306 e. The van der Waals surface area contributed by atoms with Gasteiger partial charge in [0.25, 0.3) is 0 Å². The van der Waals surface area contributed by atoms with E-state index in [2.05, 4.69) is 26.9 Å². The van der Waals surface area contributed by atoms with Crippen LogP contribution in [0.5, 0.6) is 0 Å². The van der Waals surface area contributed by atoms with E-state index in [4.69, 9.17) is 9.84 Å². The highest BCUT2D eigenvalue weighted by atomic mass is 16.5. The zero-order valence-corrected chi connectivity index (χ0v) is 14.7. The first-order valence-corrected chi connectivity index (χ1v) is 8.25. The van der Waals surface area contributed by atoms with Crippen molar-refractivity contribution in [2.45, 2.75) is 39.7 Å². The molecule has 24 heavy (non-hydrogen) atoms. The summed E-state index contributed by atoms with van der Waals surface area (Å²) in [6, 6.07) is 10.1. The van der Waals surface area contributed by atoms with E-state index in [0.29, 0.717) is 0 Å². The summed E-state index contributed by atoms with van der Waals surface area (Å²) in [7, 11) is 1.73. The van der Waals surface area contributed by atoms with Crippen LogP contribution < -0.4 is 0 Å². The Labute approximate surface area is 143 Å². The Morgan fingerprint density at radius 3 is 2.54 bits per heavy atom. The molecule has 0 aliphatic rings. The number of unbranched alkanes of at least 4 members (excludes halogenated alkanes) is 1. The Bertz CT molecular complexity index is 584. The van der Waals surface area contributed by atoms with Gasteiger partial charge >= 0.3 is 5.97 Å². The fourth-order valence-electron chi connectivity index (χ4n) is 1.93. The molecule has 132 valence electrons. The second-order valence-electron chi connectivity index (χ2n) is 5.56. The van der Waals surface area contributed by atoms with Crippen molar-refractivity contribution in [1.29, 1.82) is 0 Å². The van der Waals surface area contributed by atoms with E-state index in [1.807, 2.05) is 25.1 Å². The van der Waals surface area contributed by atoms with Gasteiger partial charge in [-0.1, -0.05) is 44.2 Å². The second-order valence-corrected chi connectivity index (χ2v) is 5.56. The molecule has 0 bridgehead atoms. The minimum absolute atomic E-state index is 0.181. The van der Waals surface area contributed by atoms with Crippen molar-refractivity contribution in [2.75, 3.05) is 13.7 Å². The molecule has 0 saturated carbocycles. The Kier molecular flexibility index (Phi) is 9.38. The first-order valence-electron chi connectivity index (χ1n) is 8.25. The second kappa shape index (κ2) is 11.3. The van der Waals surface area contributed by atoms with Crippen LogP contribution in [0.1, 0.15) is 33.1 Å². The highest BCUT2D eigenvalue weighted by Crippen LogP contribution is 2.16. The minimum Gasteiger partial charge on any atom is -0.481 e. The number of aliphatic carboxylic acids is 1. The molecule has 0 aliphatic heterocycles. The Hall–Kier alpha value is -2.21. The standard InChI is InChI=1S/C13H17N3O.C5H10O2/c1-17-10-6-5-9-16-11-14-15-13(16)12-7-3-2-4-8-12;1-3-4(2)5(6)7/h2-4,7-8,11H,5-6,9-10H2,1H3;4H,3H2,1-2H3,(H,6,7). The van der Waals surface area contributed by atoms with Gasteiger partial charge in [-0.2, -0.15) is 0 Å². The number of hydrogen-bond donors (Lipinski definition) is 1. The number of carbonyl (C=O) groups is 1. The molecule has 1 aromatic carbocycles. The van der Waals surface area contributed by atoms with Crippen LogP contribution in [0, 0.1) is 5.92 Å². The molecule has 0 aliphatic carbocycles. The van der Waals surface area contributed by atoms with E-state index in [1.54, 1.807) is 20.4 Å². The number of carboxylic acids is 1. The van der Waals surface area contributed by atoms with E-state index in [9.17, 15) is 4.79 Å². The van der Waals surface area contributed by atoms with Crippen LogP contribution in [-0.4, -0.2) is 39.6 Å². The van der Waals surface area contributed by atoms with E-state index in [1.165, 1.54) is 0 Å². The maximum atomic E-state index is 9.93. The van der Waals surface area contributed by atoms with Gasteiger partial charge in [0.1, 0.15) is 6.33 Å². The summed E-state index contributed by atoms with van der Waals surface area (Å²) >= 11 is 0. The van der Waals surface area contributed by atoms with Gasteiger partial charge in [-0.15, -0.1) is 10.2 Å². The lowest BCUT2D eigenvalue weighted by molar-refractivity contribution is -0.141. The highest BCUT2D eigenvalue weighted by molar-refractivity contribution is 5.69. The van der Waals surface area contributed by atoms with Gasteiger partial charge in [0.2, 0.25) is 0 Å². The number of ether oxygens (including phenoxy) is 1. The van der Waals surface area contributed by atoms with Gasteiger partial charge in [-0.05, 0) is 19.3 Å². The molecule has 1 N–H and O–H groups in total. The molecule has 1 aromatic heterocycles. The van der Waals surface area contributed by atoms with Crippen LogP contribution in [0.2, 0.25) is 0 Å². The smallest absolute Gasteiger partial charge is 0.306 e. The molecule has 2 aromatic rings. The van der Waals surface area contributed by atoms with Gasteiger partial charge < -0.3 is 14.4 Å². The van der Waals surface area contributed by atoms with Crippen LogP contribution in [0.3, 0.4) is 0 Å². The van der Waals surface area contributed by atoms with Gasteiger partial charge in [-0.3, -0.25) is 4.79 Å². The number of rotatable bonds is 8. The lowest BCUT2D eigenvalue weighted by Gasteiger charge is -2.06. The van der Waals surface area contributed by atoms with Crippen molar-refractivity contribution in [1.82, 2.24) is 14.8 Å². The lowest BCUT2D eigenvalue weighted by atomic mass is 10.1. The SMILES string of the molecule is CCC(C)C(=O)O.COCCCCn1cnnc1-c1ccccc1. The maximum absolute atomic E-state index is 9.93. The van der Waals surface area contributed by atoms with Gasteiger partial charge in [-0.25, -0.2) is 0 Å². The molecule has 6 heteroatoms. The summed E-state index contributed by atoms with van der Waals surface area (Å²) in [4.78, 5) is 9.93. The third-order valence-electron chi connectivity index (χ3n) is 3.68. The fraction of sp³-hybridized carbons (Fsp3) is 0.500. The molecular formula is C18H27N3O3. The number of aryl methyl sites for hydroxylation is 1. The molecule has 1 unspecified atom stereocenters. The topological polar surface area (TPSA) is 77.2 Å². The molecule has 1 heterocycles. The molecule has 0 spiro atoms. The molecule has 0 amide bonds. The monoisotopic (exact) mass is 333 g/mol. The normalized spacial score (nSPS) is 11.5. The summed E-state index contributed by atoms with van der Waals surface area (Å²) in [6.45, 7) is 5.30. The van der Waals surface area contributed by atoms with Crippen LogP contribution >= 0.6 is 0 Å². The van der Waals surface area contributed by atoms with Gasteiger partial charge in [0, 0.05) is 25.8 Å². The number of hydrogen-bond acceptors (Lipinski definition) is 4. The van der Waals surface area contributed by atoms with Gasteiger partial charge in [0.15, 0.2) is 5.82 Å². The van der Waals surface area contributed by atoms with Crippen molar-refractivity contribution in [3.63, 3.8) is 0 Å². The zero-order chi connectivity index (χ0) is 17.8. The highest BCUT2D eigenvalue weighted by Gasteiger charge is 2.06. The summed E-state index contributed by atoms with van der Waals surface area (Å²) in [5, 5.41) is 16.3. The molecule has 0 fully saturated rings. The van der Waals surface area contributed by atoms with E-state index >= 15 is 0 Å². The quantitative estimate of drug-likeness (QED) is 0.748. The predicted octanol–water partition coefficient (Wildman–Crippen LogP) is 3.49. The third kappa shape index (κ3) is 6.91. The predicted molar refractivity (Wildman–Crippen MR) is 93.7 cm³/mol. The molecule has 2 rings (SSSR count). The Morgan fingerprint density at radius 1 is 1.29 bits per heavy atom. The van der Waals surface area contributed by atoms with Crippen LogP contribution in [0.25, 0.3) is 11.4 Å². The molecule has 0 saturated heterocycles. The zero-order valence-electron chi connectivity index (χ0n) is 14.7. The summed E-state index contributed by atoms with van der Waals surface area (Å²) in [5.74, 6) is 0.0468. The first kappa shape index (κ1) is 19.8. The average molecular weight is 333 g/mol. The summed E-state index contributed by atoms with van der Waals surface area (Å²) in [5.41, 5.74) is 1.11. The Morgan fingerprint density at radius 2 is 2.00 bits per heavy atom. The van der Waals surface area contributed by atoms with Crippen LogP contribution in [-0.2, 0) is 16.1 Å². The number of benzene rings is 1. The number of methoxy groups -OCH3 is 1. The minimum atomic E-state index is -0.706. The fourth-order valence-corrected chi connectivity index (χ4v) is 1.93. The van der Waals surface area contributed by atoms with Crippen LogP contribution in [0.15, 0.2) is 36.7 Å². The third-order valence-corrected chi connectivity index (χ3v) is 3.68. The summed E-state index contributed by atoms with van der Waals surface area (Å²) in [6.07, 6.45) is 4.64. The molecule has 1 atom stereocenters. The van der Waals surface area contributed by atoms with Crippen molar-refractivity contribution < 1.29 is 14.6 Å². The van der Waals surface area contributed by atoms with E-state index in [-0.39, 0.29) is 5.92 Å².